The number of hydrogen-bond acceptors (Lipinski definition) is 3. The van der Waals surface area contributed by atoms with E-state index in [1.807, 2.05) is 0 Å². The van der Waals surface area contributed by atoms with Crippen molar-refractivity contribution in [2.24, 2.45) is 11.5 Å². The van der Waals surface area contributed by atoms with Crippen LogP contribution in [0.5, 0.6) is 0 Å². The van der Waals surface area contributed by atoms with Crippen molar-refractivity contribution in [3.8, 4) is 0 Å². The summed E-state index contributed by atoms with van der Waals surface area (Å²) in [6.07, 6.45) is 1.34. The molecule has 0 aliphatic carbocycles. The Hall–Kier alpha value is -1.85. The number of hydrogen-bond donors (Lipinski definition) is 2. The minimum Gasteiger partial charge on any atom is -0.322 e. The lowest BCUT2D eigenvalue weighted by Gasteiger charge is -2.32. The van der Waals surface area contributed by atoms with Gasteiger partial charge >= 0.3 is 0 Å². The maximum Gasteiger partial charge on any atom is 0.213 e. The van der Waals surface area contributed by atoms with E-state index in [2.05, 4.69) is 4.98 Å². The van der Waals surface area contributed by atoms with E-state index in [-0.39, 0.29) is 5.82 Å². The standard InChI is InChI=1S/C14H15F2N3/c1-14(18,10-6-7-19-12(16)8-10)13(17)9-2-4-11(15)5-3-9/h2-8,13H,17-18H2,1H3/t13-,14-/m0/s1. The van der Waals surface area contributed by atoms with Gasteiger partial charge in [-0.05, 0) is 42.3 Å². The van der Waals surface area contributed by atoms with Crippen molar-refractivity contribution in [1.29, 1.82) is 0 Å². The smallest absolute Gasteiger partial charge is 0.213 e. The monoisotopic (exact) mass is 263 g/mol. The van der Waals surface area contributed by atoms with Gasteiger partial charge in [0.25, 0.3) is 0 Å². The van der Waals surface area contributed by atoms with Gasteiger partial charge in [-0.25, -0.2) is 9.37 Å². The number of aromatic nitrogens is 1. The van der Waals surface area contributed by atoms with Crippen molar-refractivity contribution in [2.45, 2.75) is 18.5 Å². The summed E-state index contributed by atoms with van der Waals surface area (Å²) in [5.41, 5.74) is 12.6. The molecular formula is C14H15F2N3. The van der Waals surface area contributed by atoms with Crippen molar-refractivity contribution >= 4 is 0 Å². The molecule has 2 atom stereocenters. The zero-order valence-corrected chi connectivity index (χ0v) is 10.5. The van der Waals surface area contributed by atoms with Crippen molar-refractivity contribution in [3.63, 3.8) is 0 Å². The number of nitrogens with zero attached hydrogens (tertiary/aromatic N) is 1. The van der Waals surface area contributed by atoms with Crippen molar-refractivity contribution in [1.82, 2.24) is 4.98 Å². The Kier molecular flexibility index (Phi) is 3.59. The van der Waals surface area contributed by atoms with Crippen molar-refractivity contribution < 1.29 is 8.78 Å². The van der Waals surface area contributed by atoms with E-state index in [1.165, 1.54) is 24.4 Å². The third kappa shape index (κ3) is 2.77. The molecule has 0 aliphatic rings. The van der Waals surface area contributed by atoms with Crippen LogP contribution in [0.1, 0.15) is 24.1 Å². The minimum atomic E-state index is -0.985. The normalized spacial score (nSPS) is 15.8. The van der Waals surface area contributed by atoms with Gasteiger partial charge in [0.1, 0.15) is 5.82 Å². The van der Waals surface area contributed by atoms with E-state index in [1.54, 1.807) is 25.1 Å². The molecule has 0 radical (unpaired) electrons. The Morgan fingerprint density at radius 3 is 2.37 bits per heavy atom. The first kappa shape index (κ1) is 13.6. The molecule has 100 valence electrons. The molecule has 19 heavy (non-hydrogen) atoms. The molecule has 0 saturated carbocycles. The summed E-state index contributed by atoms with van der Waals surface area (Å²) in [6, 6.07) is 8.06. The number of benzene rings is 1. The summed E-state index contributed by atoms with van der Waals surface area (Å²) < 4.78 is 26.1. The van der Waals surface area contributed by atoms with Gasteiger partial charge in [-0.15, -0.1) is 0 Å². The number of pyridine rings is 1. The zero-order valence-electron chi connectivity index (χ0n) is 10.5. The molecule has 0 amide bonds. The summed E-state index contributed by atoms with van der Waals surface area (Å²) >= 11 is 0. The Morgan fingerprint density at radius 1 is 1.16 bits per heavy atom. The lowest BCUT2D eigenvalue weighted by Crippen LogP contribution is -2.44. The minimum absolute atomic E-state index is 0.343. The quantitative estimate of drug-likeness (QED) is 0.835. The van der Waals surface area contributed by atoms with Crippen molar-refractivity contribution in [2.75, 3.05) is 0 Å². The molecule has 0 saturated heterocycles. The maximum atomic E-state index is 13.2. The molecule has 0 bridgehead atoms. The highest BCUT2D eigenvalue weighted by atomic mass is 19.1. The molecule has 3 nitrogen and oxygen atoms in total. The number of halogens is 2. The van der Waals surface area contributed by atoms with Gasteiger partial charge in [-0.3, -0.25) is 0 Å². The topological polar surface area (TPSA) is 64.9 Å². The van der Waals surface area contributed by atoms with Crippen LogP contribution in [0, 0.1) is 11.8 Å². The molecule has 1 aromatic heterocycles. The Morgan fingerprint density at radius 2 is 1.79 bits per heavy atom. The zero-order chi connectivity index (χ0) is 14.0. The van der Waals surface area contributed by atoms with E-state index >= 15 is 0 Å². The van der Waals surface area contributed by atoms with Crippen LogP contribution in [-0.2, 0) is 5.54 Å². The number of nitrogens with two attached hydrogens (primary N) is 2. The highest BCUT2D eigenvalue weighted by Crippen LogP contribution is 2.30. The first-order valence-electron chi connectivity index (χ1n) is 5.83. The second-order valence-corrected chi connectivity index (χ2v) is 4.68. The summed E-state index contributed by atoms with van der Waals surface area (Å²) in [5, 5.41) is 0. The van der Waals surface area contributed by atoms with Crippen LogP contribution in [0.15, 0.2) is 42.6 Å². The summed E-state index contributed by atoms with van der Waals surface area (Å²) in [7, 11) is 0. The largest absolute Gasteiger partial charge is 0.322 e. The first-order chi connectivity index (χ1) is 8.91. The predicted molar refractivity (Wildman–Crippen MR) is 69.1 cm³/mol. The van der Waals surface area contributed by atoms with Gasteiger partial charge in [0.2, 0.25) is 5.95 Å². The molecule has 0 spiro atoms. The molecule has 0 aliphatic heterocycles. The van der Waals surface area contributed by atoms with Gasteiger partial charge in [0.15, 0.2) is 0 Å². The van der Waals surface area contributed by atoms with Gasteiger partial charge in [-0.1, -0.05) is 12.1 Å². The van der Waals surface area contributed by atoms with Crippen LogP contribution in [0.25, 0.3) is 0 Å². The Labute approximate surface area is 110 Å². The molecule has 0 fully saturated rings. The van der Waals surface area contributed by atoms with Crippen LogP contribution in [0.2, 0.25) is 0 Å². The van der Waals surface area contributed by atoms with E-state index in [9.17, 15) is 8.78 Å². The van der Waals surface area contributed by atoms with Crippen molar-refractivity contribution in [3.05, 3.63) is 65.5 Å². The highest BCUT2D eigenvalue weighted by molar-refractivity contribution is 5.30. The molecule has 5 heteroatoms. The first-order valence-corrected chi connectivity index (χ1v) is 5.83. The predicted octanol–water partition coefficient (Wildman–Crippen LogP) is 2.23. The molecular weight excluding hydrogens is 248 g/mol. The van der Waals surface area contributed by atoms with Gasteiger partial charge in [0, 0.05) is 6.20 Å². The molecule has 2 rings (SSSR count). The molecule has 1 aromatic carbocycles. The SMILES string of the molecule is C[C@](N)(c1ccnc(F)c1)[C@@H](N)c1ccc(F)cc1. The lowest BCUT2D eigenvalue weighted by atomic mass is 9.83. The van der Waals surface area contributed by atoms with E-state index < -0.39 is 17.5 Å². The second-order valence-electron chi connectivity index (χ2n) is 4.68. The van der Waals surface area contributed by atoms with Crippen LogP contribution in [0.4, 0.5) is 8.78 Å². The fourth-order valence-corrected chi connectivity index (χ4v) is 1.93. The van der Waals surface area contributed by atoms with Gasteiger partial charge in [0.05, 0.1) is 11.6 Å². The van der Waals surface area contributed by atoms with Gasteiger partial charge in [-0.2, -0.15) is 4.39 Å². The lowest BCUT2D eigenvalue weighted by molar-refractivity contribution is 0.393. The van der Waals surface area contributed by atoms with Gasteiger partial charge < -0.3 is 11.5 Å². The average molecular weight is 263 g/mol. The molecule has 1 heterocycles. The molecule has 0 unspecified atom stereocenters. The van der Waals surface area contributed by atoms with Crippen LogP contribution >= 0.6 is 0 Å². The fourth-order valence-electron chi connectivity index (χ4n) is 1.93. The average Bonchev–Trinajstić information content (AvgIpc) is 2.39. The molecule has 4 N–H and O–H groups in total. The Balaban J connectivity index is 2.35. The summed E-state index contributed by atoms with van der Waals surface area (Å²) in [5.74, 6) is -0.954. The molecule has 2 aromatic rings. The second kappa shape index (κ2) is 5.03. The Bertz CT molecular complexity index is 567. The number of rotatable bonds is 3. The maximum absolute atomic E-state index is 13.2. The third-order valence-electron chi connectivity index (χ3n) is 3.22. The van der Waals surface area contributed by atoms with Crippen LogP contribution in [-0.4, -0.2) is 4.98 Å². The third-order valence-corrected chi connectivity index (χ3v) is 3.22. The van der Waals surface area contributed by atoms with E-state index in [0.29, 0.717) is 11.1 Å². The highest BCUT2D eigenvalue weighted by Gasteiger charge is 2.30. The van der Waals surface area contributed by atoms with E-state index in [4.69, 9.17) is 11.5 Å². The fraction of sp³-hybridized carbons (Fsp3) is 0.214. The van der Waals surface area contributed by atoms with E-state index in [0.717, 1.165) is 0 Å². The summed E-state index contributed by atoms with van der Waals surface area (Å²) in [6.45, 7) is 1.70. The van der Waals surface area contributed by atoms with Crippen LogP contribution < -0.4 is 11.5 Å². The summed E-state index contributed by atoms with van der Waals surface area (Å²) in [4.78, 5) is 3.48. The van der Waals surface area contributed by atoms with Crippen LogP contribution in [0.3, 0.4) is 0 Å².